The van der Waals surface area contributed by atoms with Crippen molar-refractivity contribution in [3.8, 4) is 0 Å². The van der Waals surface area contributed by atoms with E-state index in [-0.39, 0.29) is 0 Å². The molecule has 3 atom stereocenters. The van der Waals surface area contributed by atoms with E-state index in [0.29, 0.717) is 5.54 Å². The molecule has 3 unspecified atom stereocenters. The second-order valence-electron chi connectivity index (χ2n) is 6.11. The van der Waals surface area contributed by atoms with Crippen molar-refractivity contribution < 1.29 is 0 Å². The van der Waals surface area contributed by atoms with Gasteiger partial charge in [0.05, 0.1) is 0 Å². The molecule has 0 amide bonds. The molecule has 1 aliphatic heterocycles. The van der Waals surface area contributed by atoms with Gasteiger partial charge < -0.3 is 10.2 Å². The van der Waals surface area contributed by atoms with Crippen molar-refractivity contribution in [3.05, 3.63) is 0 Å². The van der Waals surface area contributed by atoms with E-state index in [2.05, 4.69) is 31.1 Å². The van der Waals surface area contributed by atoms with Gasteiger partial charge in [-0.1, -0.05) is 13.3 Å². The molecule has 2 heteroatoms. The van der Waals surface area contributed by atoms with Crippen LogP contribution in [0.2, 0.25) is 0 Å². The van der Waals surface area contributed by atoms with Gasteiger partial charge in [0.15, 0.2) is 0 Å². The third kappa shape index (κ3) is 3.18. The monoisotopic (exact) mass is 210 g/mol. The van der Waals surface area contributed by atoms with Crippen molar-refractivity contribution in [2.75, 3.05) is 26.7 Å². The number of piperidine rings is 1. The molecule has 0 bridgehead atoms. The first kappa shape index (κ1) is 11.4. The van der Waals surface area contributed by atoms with Crippen LogP contribution < -0.4 is 5.32 Å². The molecule has 2 aliphatic rings. The minimum Gasteiger partial charge on any atom is -0.310 e. The first-order valence-corrected chi connectivity index (χ1v) is 6.53. The standard InChI is InChI=1S/C13H26N2/c1-11-8-12(11)9-15(3)10-13(2)6-4-5-7-14-13/h11-12,14H,4-10H2,1-3H3. The second kappa shape index (κ2) is 4.42. The highest BCUT2D eigenvalue weighted by Crippen LogP contribution is 2.38. The average Bonchev–Trinajstić information content (AvgIpc) is 2.81. The molecule has 0 radical (unpaired) electrons. The Morgan fingerprint density at radius 2 is 2.13 bits per heavy atom. The van der Waals surface area contributed by atoms with E-state index in [1.807, 2.05) is 0 Å². The van der Waals surface area contributed by atoms with E-state index in [1.165, 1.54) is 45.3 Å². The van der Waals surface area contributed by atoms with E-state index < -0.39 is 0 Å². The summed E-state index contributed by atoms with van der Waals surface area (Å²) < 4.78 is 0. The summed E-state index contributed by atoms with van der Waals surface area (Å²) in [5.41, 5.74) is 0.380. The van der Waals surface area contributed by atoms with Crippen LogP contribution in [0.3, 0.4) is 0 Å². The summed E-state index contributed by atoms with van der Waals surface area (Å²) in [6, 6.07) is 0. The molecule has 1 saturated carbocycles. The molecule has 1 aliphatic carbocycles. The fourth-order valence-electron chi connectivity index (χ4n) is 2.97. The summed E-state index contributed by atoms with van der Waals surface area (Å²) in [6.45, 7) is 8.50. The van der Waals surface area contributed by atoms with Crippen LogP contribution in [0, 0.1) is 11.8 Å². The maximum Gasteiger partial charge on any atom is 0.0280 e. The van der Waals surface area contributed by atoms with Gasteiger partial charge in [0, 0.05) is 18.6 Å². The Morgan fingerprint density at radius 3 is 2.67 bits per heavy atom. The summed E-state index contributed by atoms with van der Waals surface area (Å²) in [5.74, 6) is 1.97. The molecule has 88 valence electrons. The van der Waals surface area contributed by atoms with E-state index in [9.17, 15) is 0 Å². The van der Waals surface area contributed by atoms with Crippen LogP contribution in [0.15, 0.2) is 0 Å². The van der Waals surface area contributed by atoms with E-state index in [0.717, 1.165) is 11.8 Å². The van der Waals surface area contributed by atoms with Crippen molar-refractivity contribution in [3.63, 3.8) is 0 Å². The predicted octanol–water partition coefficient (Wildman–Crippen LogP) is 2.11. The topological polar surface area (TPSA) is 15.3 Å². The van der Waals surface area contributed by atoms with Gasteiger partial charge in [-0.05, 0) is 51.6 Å². The first-order valence-electron chi connectivity index (χ1n) is 6.53. The van der Waals surface area contributed by atoms with Crippen LogP contribution in [-0.2, 0) is 0 Å². The molecule has 0 aromatic rings. The lowest BCUT2D eigenvalue weighted by Crippen LogP contribution is -2.53. The normalized spacial score (nSPS) is 40.8. The zero-order chi connectivity index (χ0) is 10.9. The van der Waals surface area contributed by atoms with E-state index >= 15 is 0 Å². The highest BCUT2D eigenvalue weighted by atomic mass is 15.2. The summed E-state index contributed by atoms with van der Waals surface area (Å²) in [7, 11) is 2.28. The molecule has 15 heavy (non-hydrogen) atoms. The van der Waals surface area contributed by atoms with E-state index in [4.69, 9.17) is 0 Å². The first-order chi connectivity index (χ1) is 7.09. The third-order valence-corrected chi connectivity index (χ3v) is 4.15. The molecule has 0 aromatic heterocycles. The van der Waals surface area contributed by atoms with Crippen LogP contribution in [0.1, 0.15) is 39.5 Å². The lowest BCUT2D eigenvalue weighted by molar-refractivity contribution is 0.182. The highest BCUT2D eigenvalue weighted by Gasteiger charge is 2.35. The lowest BCUT2D eigenvalue weighted by atomic mass is 9.90. The van der Waals surface area contributed by atoms with Gasteiger partial charge in [0.25, 0.3) is 0 Å². The number of hydrogen-bond acceptors (Lipinski definition) is 2. The Bertz CT molecular complexity index is 209. The van der Waals surface area contributed by atoms with Crippen molar-refractivity contribution in [2.24, 2.45) is 11.8 Å². The van der Waals surface area contributed by atoms with Crippen LogP contribution >= 0.6 is 0 Å². The lowest BCUT2D eigenvalue weighted by Gasteiger charge is -2.38. The number of likely N-dealkylation sites (N-methyl/N-ethyl adjacent to an activating group) is 1. The molecule has 0 spiro atoms. The SMILES string of the molecule is CC1CC1CN(C)CC1(C)CCCCN1. The molecular formula is C13H26N2. The van der Waals surface area contributed by atoms with Crippen LogP contribution in [0.25, 0.3) is 0 Å². The Balaban J connectivity index is 1.74. The Labute approximate surface area is 94.4 Å². The van der Waals surface area contributed by atoms with Gasteiger partial charge in [-0.25, -0.2) is 0 Å². The predicted molar refractivity (Wildman–Crippen MR) is 65.0 cm³/mol. The molecule has 2 rings (SSSR count). The largest absolute Gasteiger partial charge is 0.310 e. The summed E-state index contributed by atoms with van der Waals surface area (Å²) >= 11 is 0. The zero-order valence-electron chi connectivity index (χ0n) is 10.6. The molecule has 1 heterocycles. The van der Waals surface area contributed by atoms with Crippen LogP contribution in [0.5, 0.6) is 0 Å². The minimum absolute atomic E-state index is 0.380. The number of nitrogens with zero attached hydrogens (tertiary/aromatic N) is 1. The number of rotatable bonds is 4. The van der Waals surface area contributed by atoms with E-state index in [1.54, 1.807) is 0 Å². The smallest absolute Gasteiger partial charge is 0.0280 e. The Morgan fingerprint density at radius 1 is 1.40 bits per heavy atom. The third-order valence-electron chi connectivity index (χ3n) is 4.15. The highest BCUT2D eigenvalue weighted by molar-refractivity contribution is 4.91. The van der Waals surface area contributed by atoms with Crippen molar-refractivity contribution in [2.45, 2.75) is 45.1 Å². The molecular weight excluding hydrogens is 184 g/mol. The van der Waals surface area contributed by atoms with Gasteiger partial charge in [-0.15, -0.1) is 0 Å². The maximum atomic E-state index is 3.69. The summed E-state index contributed by atoms with van der Waals surface area (Å²) in [5, 5.41) is 3.69. The zero-order valence-corrected chi connectivity index (χ0v) is 10.6. The van der Waals surface area contributed by atoms with Gasteiger partial charge in [0.2, 0.25) is 0 Å². The molecule has 1 saturated heterocycles. The van der Waals surface area contributed by atoms with Crippen molar-refractivity contribution in [1.29, 1.82) is 0 Å². The summed E-state index contributed by atoms with van der Waals surface area (Å²) in [6.07, 6.45) is 5.56. The van der Waals surface area contributed by atoms with Gasteiger partial charge in [-0.2, -0.15) is 0 Å². The number of nitrogens with one attached hydrogen (secondary N) is 1. The van der Waals surface area contributed by atoms with Gasteiger partial charge in [0.1, 0.15) is 0 Å². The summed E-state index contributed by atoms with van der Waals surface area (Å²) in [4.78, 5) is 2.53. The maximum absolute atomic E-state index is 3.69. The Hall–Kier alpha value is -0.0800. The molecule has 2 nitrogen and oxygen atoms in total. The van der Waals surface area contributed by atoms with Crippen LogP contribution in [-0.4, -0.2) is 37.1 Å². The van der Waals surface area contributed by atoms with Gasteiger partial charge in [-0.3, -0.25) is 0 Å². The van der Waals surface area contributed by atoms with Crippen molar-refractivity contribution in [1.82, 2.24) is 10.2 Å². The Kier molecular flexibility index (Phi) is 3.36. The minimum atomic E-state index is 0.380. The number of hydrogen-bond donors (Lipinski definition) is 1. The second-order valence-corrected chi connectivity index (χ2v) is 6.11. The van der Waals surface area contributed by atoms with Gasteiger partial charge >= 0.3 is 0 Å². The van der Waals surface area contributed by atoms with Crippen LogP contribution in [0.4, 0.5) is 0 Å². The fourth-order valence-corrected chi connectivity index (χ4v) is 2.97. The molecule has 1 N–H and O–H groups in total. The molecule has 0 aromatic carbocycles. The molecule has 2 fully saturated rings. The quantitative estimate of drug-likeness (QED) is 0.764. The fraction of sp³-hybridized carbons (Fsp3) is 1.00. The van der Waals surface area contributed by atoms with Crippen molar-refractivity contribution >= 4 is 0 Å². The average molecular weight is 210 g/mol.